The Morgan fingerprint density at radius 1 is 1.40 bits per heavy atom. The molecule has 1 aromatic carbocycles. The van der Waals surface area contributed by atoms with Crippen LogP contribution in [0.15, 0.2) is 42.1 Å². The van der Waals surface area contributed by atoms with Crippen LogP contribution in [0, 0.1) is 0 Å². The third-order valence-corrected chi connectivity index (χ3v) is 3.62. The van der Waals surface area contributed by atoms with E-state index in [0.29, 0.717) is 11.4 Å². The molecule has 0 aliphatic heterocycles. The van der Waals surface area contributed by atoms with E-state index in [2.05, 4.69) is 17.1 Å². The summed E-state index contributed by atoms with van der Waals surface area (Å²) in [5, 5.41) is 14.2. The van der Waals surface area contributed by atoms with E-state index in [1.807, 2.05) is 13.8 Å². The van der Waals surface area contributed by atoms with Gasteiger partial charge in [-0.3, -0.25) is 4.90 Å². The number of imide groups is 1. The molecule has 0 radical (unpaired) electrons. The van der Waals surface area contributed by atoms with E-state index in [4.69, 9.17) is 9.94 Å². The van der Waals surface area contributed by atoms with Crippen molar-refractivity contribution in [1.82, 2.24) is 5.32 Å². The number of hydrogen-bond donors (Lipinski definition) is 2. The van der Waals surface area contributed by atoms with Crippen LogP contribution in [-0.2, 0) is 4.74 Å². The fourth-order valence-electron chi connectivity index (χ4n) is 2.36. The van der Waals surface area contributed by atoms with Gasteiger partial charge in [0.05, 0.1) is 5.71 Å². The van der Waals surface area contributed by atoms with E-state index >= 15 is 0 Å². The van der Waals surface area contributed by atoms with E-state index < -0.39 is 12.1 Å². The molecule has 3 amide bonds. The van der Waals surface area contributed by atoms with Crippen molar-refractivity contribution in [2.45, 2.75) is 39.7 Å². The minimum atomic E-state index is -0.821. The van der Waals surface area contributed by atoms with Crippen molar-refractivity contribution in [1.29, 1.82) is 0 Å². The van der Waals surface area contributed by atoms with Crippen molar-refractivity contribution in [3.05, 3.63) is 42.5 Å². The zero-order valence-corrected chi connectivity index (χ0v) is 14.9. The van der Waals surface area contributed by atoms with Crippen LogP contribution >= 0.6 is 0 Å². The number of benzene rings is 1. The van der Waals surface area contributed by atoms with Crippen LogP contribution in [0.3, 0.4) is 0 Å². The summed E-state index contributed by atoms with van der Waals surface area (Å²) in [5.74, 6) is 0. The molecule has 7 heteroatoms. The second kappa shape index (κ2) is 10.1. The quantitative estimate of drug-likeness (QED) is 0.338. The van der Waals surface area contributed by atoms with E-state index in [1.165, 1.54) is 11.0 Å². The van der Waals surface area contributed by atoms with Gasteiger partial charge in [-0.15, -0.1) is 0 Å². The predicted octanol–water partition coefficient (Wildman–Crippen LogP) is 3.91. The molecule has 1 unspecified atom stereocenters. The van der Waals surface area contributed by atoms with Gasteiger partial charge in [0.1, 0.15) is 6.61 Å². The van der Waals surface area contributed by atoms with Gasteiger partial charge in [-0.1, -0.05) is 43.3 Å². The highest BCUT2D eigenvalue weighted by Gasteiger charge is 2.23. The normalized spacial score (nSPS) is 12.2. The Labute approximate surface area is 148 Å². The van der Waals surface area contributed by atoms with Crippen molar-refractivity contribution in [2.75, 3.05) is 11.5 Å². The van der Waals surface area contributed by atoms with Gasteiger partial charge in [0.2, 0.25) is 0 Å². The summed E-state index contributed by atoms with van der Waals surface area (Å²) in [4.78, 5) is 25.7. The highest BCUT2D eigenvalue weighted by Crippen LogP contribution is 2.21. The van der Waals surface area contributed by atoms with Gasteiger partial charge in [-0.05, 0) is 38.0 Å². The Morgan fingerprint density at radius 2 is 2.04 bits per heavy atom. The molecule has 7 nitrogen and oxygen atoms in total. The Balaban J connectivity index is 3.01. The number of alkyl carbamates (subject to hydrolysis) is 1. The first kappa shape index (κ1) is 20.2. The highest BCUT2D eigenvalue weighted by molar-refractivity contribution is 6.02. The number of amides is 3. The molecular formula is C18H25N3O4. The molecule has 1 aromatic rings. The molecular weight excluding hydrogens is 322 g/mol. The average Bonchev–Trinajstić information content (AvgIpc) is 2.60. The number of anilines is 1. The zero-order chi connectivity index (χ0) is 18.8. The molecule has 0 aromatic heterocycles. The SMILES string of the molecule is C=CCOC(=O)NC(=O)N(c1ccc(C(C)=NO)cc1)C(C)CCC. The molecule has 0 spiro atoms. The lowest BCUT2D eigenvalue weighted by molar-refractivity contribution is 0.159. The number of ether oxygens (including phenoxy) is 1. The number of oxime groups is 1. The van der Waals surface area contributed by atoms with Crippen molar-refractivity contribution in [2.24, 2.45) is 5.16 Å². The van der Waals surface area contributed by atoms with E-state index in [1.54, 1.807) is 31.2 Å². The van der Waals surface area contributed by atoms with Gasteiger partial charge in [-0.25, -0.2) is 14.9 Å². The van der Waals surface area contributed by atoms with Crippen molar-refractivity contribution in [3.8, 4) is 0 Å². The second-order valence-corrected chi connectivity index (χ2v) is 5.56. The number of carbonyl (C=O) groups is 2. The van der Waals surface area contributed by atoms with Gasteiger partial charge in [0, 0.05) is 11.7 Å². The summed E-state index contributed by atoms with van der Waals surface area (Å²) in [6.45, 7) is 9.08. The van der Waals surface area contributed by atoms with Crippen LogP contribution in [-0.4, -0.2) is 35.7 Å². The maximum atomic E-state index is 12.5. The first-order valence-electron chi connectivity index (χ1n) is 8.11. The Kier molecular flexibility index (Phi) is 8.18. The van der Waals surface area contributed by atoms with Crippen LogP contribution in [0.1, 0.15) is 39.2 Å². The third kappa shape index (κ3) is 5.95. The summed E-state index contributed by atoms with van der Waals surface area (Å²) in [7, 11) is 0. The molecule has 0 fully saturated rings. The number of rotatable bonds is 7. The molecule has 2 N–H and O–H groups in total. The van der Waals surface area contributed by atoms with E-state index in [0.717, 1.165) is 18.4 Å². The van der Waals surface area contributed by atoms with Gasteiger partial charge >= 0.3 is 12.1 Å². The lowest BCUT2D eigenvalue weighted by Gasteiger charge is -2.29. The van der Waals surface area contributed by atoms with Gasteiger partial charge in [-0.2, -0.15) is 0 Å². The summed E-state index contributed by atoms with van der Waals surface area (Å²) in [6.07, 6.45) is 2.26. The Morgan fingerprint density at radius 3 is 2.56 bits per heavy atom. The maximum absolute atomic E-state index is 12.5. The molecule has 25 heavy (non-hydrogen) atoms. The lowest BCUT2D eigenvalue weighted by Crippen LogP contribution is -2.47. The van der Waals surface area contributed by atoms with Crippen molar-refractivity contribution in [3.63, 3.8) is 0 Å². The largest absolute Gasteiger partial charge is 0.445 e. The van der Waals surface area contributed by atoms with Gasteiger partial charge in [0.25, 0.3) is 0 Å². The monoisotopic (exact) mass is 347 g/mol. The number of nitrogens with one attached hydrogen (secondary N) is 1. The summed E-state index contributed by atoms with van der Waals surface area (Å²) in [5.41, 5.74) is 1.83. The number of nitrogens with zero attached hydrogens (tertiary/aromatic N) is 2. The fraction of sp³-hybridized carbons (Fsp3) is 0.389. The summed E-state index contributed by atoms with van der Waals surface area (Å²) < 4.78 is 4.79. The standard InChI is InChI=1S/C18H25N3O4/c1-5-7-13(3)21(17(22)19-18(23)25-12-6-2)16-10-8-15(9-11-16)14(4)20-24/h6,8-11,13,24H,2,5,7,12H2,1,3-4H3,(H,19,22,23). The smallest absolute Gasteiger partial charge is 0.415 e. The molecule has 0 heterocycles. The molecule has 0 aliphatic carbocycles. The van der Waals surface area contributed by atoms with Gasteiger partial charge < -0.3 is 9.94 Å². The van der Waals surface area contributed by atoms with E-state index in [-0.39, 0.29) is 12.6 Å². The van der Waals surface area contributed by atoms with E-state index in [9.17, 15) is 9.59 Å². The van der Waals surface area contributed by atoms with Crippen molar-refractivity contribution < 1.29 is 19.5 Å². The van der Waals surface area contributed by atoms with Crippen LogP contribution in [0.5, 0.6) is 0 Å². The van der Waals surface area contributed by atoms with Crippen LogP contribution in [0.4, 0.5) is 15.3 Å². The van der Waals surface area contributed by atoms with Crippen LogP contribution in [0.2, 0.25) is 0 Å². The highest BCUT2D eigenvalue weighted by atomic mass is 16.5. The minimum absolute atomic E-state index is 0.0259. The fourth-order valence-corrected chi connectivity index (χ4v) is 2.36. The molecule has 136 valence electrons. The number of urea groups is 1. The first-order valence-corrected chi connectivity index (χ1v) is 8.11. The number of hydrogen-bond acceptors (Lipinski definition) is 5. The Bertz CT molecular complexity index is 626. The molecule has 1 rings (SSSR count). The average molecular weight is 347 g/mol. The summed E-state index contributed by atoms with van der Waals surface area (Å²) >= 11 is 0. The molecule has 1 atom stereocenters. The minimum Gasteiger partial charge on any atom is -0.445 e. The van der Waals surface area contributed by atoms with Crippen molar-refractivity contribution >= 4 is 23.5 Å². The number of carbonyl (C=O) groups excluding carboxylic acids is 2. The second-order valence-electron chi connectivity index (χ2n) is 5.56. The molecule has 0 saturated heterocycles. The first-order chi connectivity index (χ1) is 11.9. The predicted molar refractivity (Wildman–Crippen MR) is 97.4 cm³/mol. The molecule has 0 aliphatic rings. The lowest BCUT2D eigenvalue weighted by atomic mass is 10.1. The maximum Gasteiger partial charge on any atom is 0.415 e. The van der Waals surface area contributed by atoms with Gasteiger partial charge in [0.15, 0.2) is 0 Å². The van der Waals surface area contributed by atoms with Crippen LogP contribution < -0.4 is 10.2 Å². The topological polar surface area (TPSA) is 91.2 Å². The zero-order valence-electron chi connectivity index (χ0n) is 14.9. The third-order valence-electron chi connectivity index (χ3n) is 3.62. The summed E-state index contributed by atoms with van der Waals surface area (Å²) in [6, 6.07) is 6.31. The molecule has 0 saturated carbocycles. The Hall–Kier alpha value is -2.83. The van der Waals surface area contributed by atoms with Crippen LogP contribution in [0.25, 0.3) is 0 Å². The molecule has 0 bridgehead atoms.